The van der Waals surface area contributed by atoms with E-state index in [0.717, 1.165) is 12.8 Å². The molecular weight excluding hydrogens is 280 g/mol. The Kier molecular flexibility index (Phi) is 4.68. The van der Waals surface area contributed by atoms with Crippen LogP contribution in [0.4, 0.5) is 5.95 Å². The summed E-state index contributed by atoms with van der Waals surface area (Å²) in [6.45, 7) is 3.99. The van der Waals surface area contributed by atoms with E-state index in [-0.39, 0.29) is 11.9 Å². The number of nitrogens with zero attached hydrogens (tertiary/aromatic N) is 3. The molecule has 2 aromatic rings. The van der Waals surface area contributed by atoms with Gasteiger partial charge in [0.15, 0.2) is 5.52 Å². The fourth-order valence-corrected chi connectivity index (χ4v) is 1.74. The summed E-state index contributed by atoms with van der Waals surface area (Å²) in [6.07, 6.45) is 1.91. The van der Waals surface area contributed by atoms with Gasteiger partial charge in [-0.3, -0.25) is 10.1 Å². The monoisotopic (exact) mass is 294 g/mol. The molecule has 0 aliphatic rings. The molecule has 2 rings (SSSR count). The smallest absolute Gasteiger partial charge is 0.245 e. The summed E-state index contributed by atoms with van der Waals surface area (Å²) in [7, 11) is 0. The number of hydrogen-bond acceptors (Lipinski definition) is 5. The van der Waals surface area contributed by atoms with E-state index in [2.05, 4.69) is 27.2 Å². The molecule has 0 bridgehead atoms. The number of carbonyl (C=O) groups is 1. The van der Waals surface area contributed by atoms with E-state index in [1.165, 1.54) is 6.92 Å². The van der Waals surface area contributed by atoms with Crippen molar-refractivity contribution in [3.63, 3.8) is 0 Å². The molecule has 0 aromatic carbocycles. The van der Waals surface area contributed by atoms with Gasteiger partial charge in [-0.1, -0.05) is 24.9 Å². The van der Waals surface area contributed by atoms with Crippen molar-refractivity contribution in [2.75, 3.05) is 11.9 Å². The third kappa shape index (κ3) is 3.54. The molecule has 106 valence electrons. The quantitative estimate of drug-likeness (QED) is 0.678. The van der Waals surface area contributed by atoms with Gasteiger partial charge >= 0.3 is 0 Å². The molecule has 1 amide bonds. The van der Waals surface area contributed by atoms with Crippen molar-refractivity contribution in [3.8, 4) is 5.88 Å². The molecule has 7 heteroatoms. The third-order valence-corrected chi connectivity index (χ3v) is 2.71. The minimum Gasteiger partial charge on any atom is -0.476 e. The van der Waals surface area contributed by atoms with Crippen molar-refractivity contribution >= 4 is 34.5 Å². The lowest BCUT2D eigenvalue weighted by molar-refractivity contribution is -0.114. The second-order valence-electron chi connectivity index (χ2n) is 4.24. The first-order valence-electron chi connectivity index (χ1n) is 6.35. The van der Waals surface area contributed by atoms with E-state index in [4.69, 9.17) is 16.3 Å². The number of unbranched alkanes of at least 4 members (excludes halogenated alkanes) is 1. The molecule has 6 nitrogen and oxygen atoms in total. The zero-order valence-electron chi connectivity index (χ0n) is 11.3. The number of amides is 1. The summed E-state index contributed by atoms with van der Waals surface area (Å²) in [4.78, 5) is 23.7. The predicted molar refractivity (Wildman–Crippen MR) is 77.0 cm³/mol. The lowest BCUT2D eigenvalue weighted by Gasteiger charge is -2.09. The second-order valence-corrected chi connectivity index (χ2v) is 4.62. The van der Waals surface area contributed by atoms with Crippen LogP contribution in [-0.2, 0) is 4.79 Å². The van der Waals surface area contributed by atoms with E-state index < -0.39 is 0 Å². The van der Waals surface area contributed by atoms with E-state index in [0.29, 0.717) is 28.7 Å². The van der Waals surface area contributed by atoms with Crippen molar-refractivity contribution in [1.29, 1.82) is 0 Å². The zero-order valence-corrected chi connectivity index (χ0v) is 12.1. The maximum atomic E-state index is 11.1. The second kappa shape index (κ2) is 6.47. The number of rotatable bonds is 5. The van der Waals surface area contributed by atoms with Crippen LogP contribution in [-0.4, -0.2) is 27.5 Å². The highest BCUT2D eigenvalue weighted by atomic mass is 35.5. The summed E-state index contributed by atoms with van der Waals surface area (Å²) in [5.74, 6) is 0.279. The van der Waals surface area contributed by atoms with Crippen LogP contribution in [0, 0.1) is 0 Å². The summed E-state index contributed by atoms with van der Waals surface area (Å²) in [5.41, 5.74) is 1.06. The van der Waals surface area contributed by atoms with Crippen LogP contribution in [0.15, 0.2) is 12.1 Å². The number of fused-ring (bicyclic) bond motifs is 1. The van der Waals surface area contributed by atoms with E-state index in [1.807, 2.05) is 0 Å². The fourth-order valence-electron chi connectivity index (χ4n) is 1.59. The first-order chi connectivity index (χ1) is 9.60. The number of nitrogens with one attached hydrogen (secondary N) is 1. The molecule has 0 radical (unpaired) electrons. The van der Waals surface area contributed by atoms with Gasteiger partial charge in [0.1, 0.15) is 5.15 Å². The van der Waals surface area contributed by atoms with Gasteiger partial charge in [0, 0.05) is 6.92 Å². The van der Waals surface area contributed by atoms with Crippen LogP contribution in [0.25, 0.3) is 11.0 Å². The Morgan fingerprint density at radius 1 is 1.35 bits per heavy atom. The Labute approximate surface area is 121 Å². The molecule has 0 atom stereocenters. The van der Waals surface area contributed by atoms with Crippen molar-refractivity contribution in [1.82, 2.24) is 15.0 Å². The number of hydrogen-bond donors (Lipinski definition) is 1. The van der Waals surface area contributed by atoms with Crippen LogP contribution < -0.4 is 10.1 Å². The summed E-state index contributed by atoms with van der Waals surface area (Å²) in [6, 6.07) is 3.34. The average Bonchev–Trinajstić information content (AvgIpc) is 2.39. The standard InChI is InChI=1S/C13H15ClN4O2/c1-3-4-7-20-12-11-9(5-6-10(14)17-11)16-13(18-12)15-8(2)19/h5-6H,3-4,7H2,1-2H3,(H,15,16,18,19). The lowest BCUT2D eigenvalue weighted by atomic mass is 10.3. The Morgan fingerprint density at radius 2 is 2.15 bits per heavy atom. The SMILES string of the molecule is CCCCOc1nc(NC(C)=O)nc2ccc(Cl)nc12. The van der Waals surface area contributed by atoms with Crippen molar-refractivity contribution in [3.05, 3.63) is 17.3 Å². The molecular formula is C13H15ClN4O2. The van der Waals surface area contributed by atoms with Crippen molar-refractivity contribution in [2.45, 2.75) is 26.7 Å². The molecule has 0 aliphatic heterocycles. The molecule has 2 heterocycles. The molecule has 0 saturated carbocycles. The minimum absolute atomic E-state index is 0.195. The summed E-state index contributed by atoms with van der Waals surface area (Å²) >= 11 is 5.88. The number of carbonyl (C=O) groups excluding carboxylic acids is 1. The van der Waals surface area contributed by atoms with Gasteiger partial charge in [0.2, 0.25) is 17.7 Å². The minimum atomic E-state index is -0.245. The molecule has 0 saturated heterocycles. The molecule has 0 aliphatic carbocycles. The van der Waals surface area contributed by atoms with Crippen molar-refractivity contribution < 1.29 is 9.53 Å². The van der Waals surface area contributed by atoms with Gasteiger partial charge in [-0.25, -0.2) is 9.97 Å². The van der Waals surface area contributed by atoms with E-state index >= 15 is 0 Å². The van der Waals surface area contributed by atoms with Gasteiger partial charge in [0.05, 0.1) is 12.1 Å². The summed E-state index contributed by atoms with van der Waals surface area (Å²) < 4.78 is 5.61. The first-order valence-corrected chi connectivity index (χ1v) is 6.72. The summed E-state index contributed by atoms with van der Waals surface area (Å²) in [5, 5.41) is 2.88. The maximum absolute atomic E-state index is 11.1. The predicted octanol–water partition coefficient (Wildman–Crippen LogP) is 2.82. The van der Waals surface area contributed by atoms with Gasteiger partial charge in [0.25, 0.3) is 0 Å². The topological polar surface area (TPSA) is 77.0 Å². The maximum Gasteiger partial charge on any atom is 0.245 e. The largest absolute Gasteiger partial charge is 0.476 e. The number of pyridine rings is 1. The average molecular weight is 295 g/mol. The number of ether oxygens (including phenoxy) is 1. The highest BCUT2D eigenvalue weighted by molar-refractivity contribution is 6.29. The Bertz CT molecular complexity index is 633. The number of halogens is 1. The Hall–Kier alpha value is -1.95. The molecule has 1 N–H and O–H groups in total. The van der Waals surface area contributed by atoms with Crippen LogP contribution in [0.3, 0.4) is 0 Å². The highest BCUT2D eigenvalue weighted by Gasteiger charge is 2.11. The third-order valence-electron chi connectivity index (χ3n) is 2.50. The Morgan fingerprint density at radius 3 is 2.85 bits per heavy atom. The van der Waals surface area contributed by atoms with E-state index in [9.17, 15) is 4.79 Å². The van der Waals surface area contributed by atoms with Crippen LogP contribution >= 0.6 is 11.6 Å². The fraction of sp³-hybridized carbons (Fsp3) is 0.385. The Balaban J connectivity index is 2.42. The van der Waals surface area contributed by atoms with Crippen LogP contribution in [0.1, 0.15) is 26.7 Å². The molecule has 2 aromatic heterocycles. The van der Waals surface area contributed by atoms with E-state index in [1.54, 1.807) is 12.1 Å². The molecule has 0 spiro atoms. The van der Waals surface area contributed by atoms with Gasteiger partial charge in [-0.2, -0.15) is 4.98 Å². The van der Waals surface area contributed by atoms with Gasteiger partial charge in [-0.05, 0) is 18.6 Å². The van der Waals surface area contributed by atoms with Gasteiger partial charge in [-0.15, -0.1) is 0 Å². The normalized spacial score (nSPS) is 10.6. The highest BCUT2D eigenvalue weighted by Crippen LogP contribution is 2.24. The molecule has 0 unspecified atom stereocenters. The number of anilines is 1. The molecule has 0 fully saturated rings. The first kappa shape index (κ1) is 14.5. The van der Waals surface area contributed by atoms with Crippen molar-refractivity contribution in [2.24, 2.45) is 0 Å². The zero-order chi connectivity index (χ0) is 14.5. The van der Waals surface area contributed by atoms with Crippen LogP contribution in [0.5, 0.6) is 5.88 Å². The molecule has 20 heavy (non-hydrogen) atoms. The lowest BCUT2D eigenvalue weighted by Crippen LogP contribution is -2.11. The van der Waals surface area contributed by atoms with Crippen LogP contribution in [0.2, 0.25) is 5.15 Å². The van der Waals surface area contributed by atoms with Gasteiger partial charge < -0.3 is 4.74 Å². The number of aromatic nitrogens is 3.